The Hall–Kier alpha value is -2.59. The van der Waals surface area contributed by atoms with Crippen LogP contribution in [0.15, 0.2) is 35.2 Å². The van der Waals surface area contributed by atoms with Gasteiger partial charge in [0.25, 0.3) is 0 Å². The lowest BCUT2D eigenvalue weighted by Gasteiger charge is -2.46. The van der Waals surface area contributed by atoms with E-state index >= 15 is 0 Å². The van der Waals surface area contributed by atoms with Crippen molar-refractivity contribution in [3.8, 4) is 0 Å². The van der Waals surface area contributed by atoms with Crippen LogP contribution in [0.5, 0.6) is 0 Å². The number of benzene rings is 1. The molecular formula is C32H48O9S. The second kappa shape index (κ2) is 13.4. The van der Waals surface area contributed by atoms with Crippen molar-refractivity contribution in [3.63, 3.8) is 0 Å². The maximum atomic E-state index is 13.3. The van der Waals surface area contributed by atoms with Crippen LogP contribution in [0.4, 0.5) is 0 Å². The predicted molar refractivity (Wildman–Crippen MR) is 159 cm³/mol. The van der Waals surface area contributed by atoms with Gasteiger partial charge in [0.1, 0.15) is 18.1 Å². The minimum atomic E-state index is -1.26. The maximum absolute atomic E-state index is 13.3. The highest BCUT2D eigenvalue weighted by molar-refractivity contribution is 7.99. The first-order valence-electron chi connectivity index (χ1n) is 14.2. The molecule has 0 spiro atoms. The molecule has 1 aliphatic heterocycles. The third kappa shape index (κ3) is 10.0. The first kappa shape index (κ1) is 35.6. The highest BCUT2D eigenvalue weighted by Gasteiger charge is 2.54. The molecule has 1 saturated heterocycles. The zero-order valence-corrected chi connectivity index (χ0v) is 27.9. The van der Waals surface area contributed by atoms with Crippen LogP contribution < -0.4 is 0 Å². The van der Waals surface area contributed by atoms with Crippen molar-refractivity contribution < 1.29 is 42.9 Å². The summed E-state index contributed by atoms with van der Waals surface area (Å²) in [5, 5.41) is 0. The second-order valence-electron chi connectivity index (χ2n) is 14.7. The fourth-order valence-corrected chi connectivity index (χ4v) is 4.54. The van der Waals surface area contributed by atoms with E-state index in [-0.39, 0.29) is 6.61 Å². The van der Waals surface area contributed by atoms with Gasteiger partial charge in [-0.2, -0.15) is 0 Å². The lowest BCUT2D eigenvalue weighted by atomic mass is 9.93. The maximum Gasteiger partial charge on any atom is 0.311 e. The number of ether oxygens (including phenoxy) is 5. The minimum Gasteiger partial charge on any atom is -0.462 e. The van der Waals surface area contributed by atoms with Gasteiger partial charge in [-0.3, -0.25) is 19.2 Å². The Labute approximate surface area is 254 Å². The fraction of sp³-hybridized carbons (Fsp3) is 0.688. The van der Waals surface area contributed by atoms with Gasteiger partial charge in [-0.1, -0.05) is 30.0 Å². The molecule has 0 aromatic heterocycles. The van der Waals surface area contributed by atoms with Crippen molar-refractivity contribution in [2.75, 3.05) is 6.61 Å². The molecule has 0 radical (unpaired) electrons. The van der Waals surface area contributed by atoms with Gasteiger partial charge in [0.2, 0.25) is 0 Å². The standard InChI is InChI=1S/C32H48O9S/c1-29(2,3)25(33)37-18-20-21(39-26(34)30(4,5)6)22(40-27(35)31(7,8)9)23(41-28(36)32(10,11)12)24(38-20)42-19-16-14-13-15-17-19/h13-17,20-24H,18H2,1-12H3/t20-,21-,22+,23+,24-/m1/s1. The molecular weight excluding hydrogens is 560 g/mol. The lowest BCUT2D eigenvalue weighted by molar-refractivity contribution is -0.246. The Bertz CT molecular complexity index is 1100. The zero-order valence-electron chi connectivity index (χ0n) is 27.1. The summed E-state index contributed by atoms with van der Waals surface area (Å²) in [6, 6.07) is 9.32. The average Bonchev–Trinajstić information content (AvgIpc) is 2.84. The highest BCUT2D eigenvalue weighted by atomic mass is 32.2. The molecule has 0 bridgehead atoms. The molecule has 1 aromatic rings. The summed E-state index contributed by atoms with van der Waals surface area (Å²) in [7, 11) is 0. The minimum absolute atomic E-state index is 0.284. The Balaban J connectivity index is 2.68. The van der Waals surface area contributed by atoms with Crippen molar-refractivity contribution in [2.24, 2.45) is 21.7 Å². The molecule has 1 fully saturated rings. The summed E-state index contributed by atoms with van der Waals surface area (Å²) >= 11 is 1.26. The van der Waals surface area contributed by atoms with E-state index in [1.165, 1.54) is 11.8 Å². The van der Waals surface area contributed by atoms with E-state index in [1.807, 2.05) is 30.3 Å². The molecule has 0 amide bonds. The molecule has 1 heterocycles. The van der Waals surface area contributed by atoms with Crippen LogP contribution in [0, 0.1) is 21.7 Å². The Morgan fingerprint density at radius 2 is 1.02 bits per heavy atom. The molecule has 42 heavy (non-hydrogen) atoms. The topological polar surface area (TPSA) is 114 Å². The largest absolute Gasteiger partial charge is 0.462 e. The molecule has 236 valence electrons. The van der Waals surface area contributed by atoms with E-state index in [9.17, 15) is 19.2 Å². The van der Waals surface area contributed by atoms with Crippen LogP contribution in [0.1, 0.15) is 83.1 Å². The number of thioether (sulfide) groups is 1. The molecule has 9 nitrogen and oxygen atoms in total. The van der Waals surface area contributed by atoms with Crippen LogP contribution in [0.2, 0.25) is 0 Å². The Morgan fingerprint density at radius 1 is 0.619 bits per heavy atom. The third-order valence-electron chi connectivity index (χ3n) is 6.14. The molecule has 0 N–H and O–H groups in total. The van der Waals surface area contributed by atoms with Gasteiger partial charge in [0.15, 0.2) is 18.3 Å². The van der Waals surface area contributed by atoms with Crippen molar-refractivity contribution in [2.45, 2.75) is 118 Å². The van der Waals surface area contributed by atoms with E-state index in [2.05, 4.69) is 0 Å². The van der Waals surface area contributed by atoms with Crippen LogP contribution in [0.3, 0.4) is 0 Å². The van der Waals surface area contributed by atoms with E-state index < -0.39 is 75.4 Å². The smallest absolute Gasteiger partial charge is 0.311 e. The molecule has 1 aliphatic rings. The molecule has 0 aliphatic carbocycles. The van der Waals surface area contributed by atoms with Gasteiger partial charge in [-0.15, -0.1) is 0 Å². The monoisotopic (exact) mass is 608 g/mol. The molecule has 0 saturated carbocycles. The zero-order chi connectivity index (χ0) is 32.3. The summed E-state index contributed by atoms with van der Waals surface area (Å²) < 4.78 is 30.1. The molecule has 10 heteroatoms. The van der Waals surface area contributed by atoms with Gasteiger partial charge >= 0.3 is 23.9 Å². The Kier molecular flexibility index (Phi) is 11.3. The van der Waals surface area contributed by atoms with Crippen LogP contribution >= 0.6 is 11.8 Å². The first-order chi connectivity index (χ1) is 19.0. The number of rotatable bonds is 7. The van der Waals surface area contributed by atoms with Crippen LogP contribution in [-0.2, 0) is 42.9 Å². The van der Waals surface area contributed by atoms with E-state index in [0.29, 0.717) is 0 Å². The van der Waals surface area contributed by atoms with Gasteiger partial charge in [-0.25, -0.2) is 0 Å². The van der Waals surface area contributed by atoms with Crippen molar-refractivity contribution >= 4 is 35.6 Å². The number of hydrogen-bond donors (Lipinski definition) is 0. The summed E-state index contributed by atoms with van der Waals surface area (Å²) in [4.78, 5) is 53.3. The molecule has 1 aromatic carbocycles. The van der Waals surface area contributed by atoms with Crippen molar-refractivity contribution in [1.82, 2.24) is 0 Å². The number of hydrogen-bond acceptors (Lipinski definition) is 10. The third-order valence-corrected chi connectivity index (χ3v) is 7.30. The van der Waals surface area contributed by atoms with Gasteiger partial charge in [-0.05, 0) is 95.2 Å². The van der Waals surface area contributed by atoms with E-state index in [0.717, 1.165) is 4.90 Å². The lowest BCUT2D eigenvalue weighted by Crippen LogP contribution is -2.63. The quantitative estimate of drug-likeness (QED) is 0.271. The van der Waals surface area contributed by atoms with Gasteiger partial charge in [0.05, 0.1) is 21.7 Å². The normalized spacial score (nSPS) is 23.5. The second-order valence-corrected chi connectivity index (χ2v) is 15.9. The average molecular weight is 609 g/mol. The van der Waals surface area contributed by atoms with Crippen molar-refractivity contribution in [1.29, 1.82) is 0 Å². The van der Waals surface area contributed by atoms with Gasteiger partial charge in [0, 0.05) is 4.90 Å². The van der Waals surface area contributed by atoms with Crippen LogP contribution in [0.25, 0.3) is 0 Å². The van der Waals surface area contributed by atoms with Gasteiger partial charge < -0.3 is 23.7 Å². The number of esters is 4. The fourth-order valence-electron chi connectivity index (χ4n) is 3.42. The summed E-state index contributed by atoms with van der Waals surface area (Å²) in [5.74, 6) is -2.21. The van der Waals surface area contributed by atoms with Crippen LogP contribution in [-0.4, -0.2) is 60.3 Å². The SMILES string of the molecule is CC(C)(C)C(=O)OC[C@H]1O[C@H](Sc2ccccc2)[C@@H](OC(=O)C(C)(C)C)[C@@H](OC(=O)C(C)(C)C)[C@@H]1OC(=O)C(C)(C)C. The Morgan fingerprint density at radius 3 is 1.45 bits per heavy atom. The van der Waals surface area contributed by atoms with Crippen molar-refractivity contribution in [3.05, 3.63) is 30.3 Å². The summed E-state index contributed by atoms with van der Waals surface area (Å²) in [6.45, 7) is 20.2. The number of carbonyl (C=O) groups is 4. The molecule has 0 unspecified atom stereocenters. The molecule has 2 rings (SSSR count). The summed E-state index contributed by atoms with van der Waals surface area (Å²) in [5.41, 5.74) is -4.44. The first-order valence-corrected chi connectivity index (χ1v) is 15.1. The number of carbonyl (C=O) groups excluding carboxylic acids is 4. The van der Waals surface area contributed by atoms with E-state index in [4.69, 9.17) is 23.7 Å². The molecule has 5 atom stereocenters. The predicted octanol–water partition coefficient (Wildman–Crippen LogP) is 5.97. The summed E-state index contributed by atoms with van der Waals surface area (Å²) in [6.07, 6.45) is -4.71. The van der Waals surface area contributed by atoms with E-state index in [1.54, 1.807) is 83.1 Å². The highest BCUT2D eigenvalue weighted by Crippen LogP contribution is 2.39.